The molecule has 0 atom stereocenters. The van der Waals surface area contributed by atoms with Crippen LogP contribution in [-0.4, -0.2) is 17.6 Å². The summed E-state index contributed by atoms with van der Waals surface area (Å²) in [6.07, 6.45) is -1.81. The molecule has 0 spiro atoms. The largest absolute Gasteiger partial charge is 0.462 e. The predicted molar refractivity (Wildman–Crippen MR) is 58.1 cm³/mol. The van der Waals surface area contributed by atoms with Crippen molar-refractivity contribution in [3.63, 3.8) is 0 Å². The highest BCUT2D eigenvalue weighted by molar-refractivity contribution is 6.32. The lowest BCUT2D eigenvalue weighted by Gasteiger charge is -2.11. The second-order valence-electron chi connectivity index (χ2n) is 3.07. The van der Waals surface area contributed by atoms with Gasteiger partial charge in [0.25, 0.3) is 6.43 Å². The van der Waals surface area contributed by atoms with E-state index in [4.69, 9.17) is 22.1 Å². The standard InChI is InChI=1S/C10H11ClF2N2O2/c1-2-17-10(16)6-4-15-8(9(12)13)7(11)5(6)3-14/h4,9H,2-3,14H2,1H3. The lowest BCUT2D eigenvalue weighted by atomic mass is 10.1. The molecule has 1 heterocycles. The topological polar surface area (TPSA) is 65.2 Å². The molecule has 17 heavy (non-hydrogen) atoms. The highest BCUT2D eigenvalue weighted by Crippen LogP contribution is 2.29. The van der Waals surface area contributed by atoms with Crippen LogP contribution in [0.2, 0.25) is 5.02 Å². The summed E-state index contributed by atoms with van der Waals surface area (Å²) in [7, 11) is 0. The number of carbonyl (C=O) groups excluding carboxylic acids is 1. The first-order valence-corrected chi connectivity index (χ1v) is 5.23. The average Bonchev–Trinajstić information content (AvgIpc) is 2.28. The van der Waals surface area contributed by atoms with Gasteiger partial charge >= 0.3 is 5.97 Å². The lowest BCUT2D eigenvalue weighted by molar-refractivity contribution is 0.0524. The summed E-state index contributed by atoms with van der Waals surface area (Å²) in [6, 6.07) is 0. The number of halogens is 3. The third kappa shape index (κ3) is 2.89. The molecular weight excluding hydrogens is 254 g/mol. The minimum atomic E-state index is -2.82. The number of esters is 1. The molecule has 0 unspecified atom stereocenters. The van der Waals surface area contributed by atoms with Gasteiger partial charge in [-0.25, -0.2) is 13.6 Å². The van der Waals surface area contributed by atoms with E-state index < -0.39 is 18.1 Å². The lowest BCUT2D eigenvalue weighted by Crippen LogP contribution is -2.13. The summed E-state index contributed by atoms with van der Waals surface area (Å²) < 4.78 is 29.8. The summed E-state index contributed by atoms with van der Waals surface area (Å²) >= 11 is 5.72. The van der Waals surface area contributed by atoms with Gasteiger partial charge in [-0.05, 0) is 6.92 Å². The van der Waals surface area contributed by atoms with Gasteiger partial charge in [0.1, 0.15) is 5.69 Å². The SMILES string of the molecule is CCOC(=O)c1cnc(C(F)F)c(Cl)c1CN. The predicted octanol–water partition coefficient (Wildman–Crippen LogP) is 2.31. The maximum atomic E-state index is 12.5. The molecule has 4 nitrogen and oxygen atoms in total. The van der Waals surface area contributed by atoms with Crippen LogP contribution in [0.15, 0.2) is 6.20 Å². The van der Waals surface area contributed by atoms with Crippen LogP contribution >= 0.6 is 11.6 Å². The van der Waals surface area contributed by atoms with Crippen LogP contribution in [0.3, 0.4) is 0 Å². The molecule has 0 saturated carbocycles. The van der Waals surface area contributed by atoms with Crippen LogP contribution < -0.4 is 5.73 Å². The summed E-state index contributed by atoms with van der Waals surface area (Å²) in [5.41, 5.74) is 4.94. The Morgan fingerprint density at radius 2 is 2.29 bits per heavy atom. The molecule has 0 radical (unpaired) electrons. The number of alkyl halides is 2. The first kappa shape index (κ1) is 13.8. The maximum Gasteiger partial charge on any atom is 0.340 e. The van der Waals surface area contributed by atoms with Crippen molar-refractivity contribution < 1.29 is 18.3 Å². The zero-order chi connectivity index (χ0) is 13.0. The van der Waals surface area contributed by atoms with Gasteiger partial charge in [0.15, 0.2) is 0 Å². The monoisotopic (exact) mass is 264 g/mol. The Balaban J connectivity index is 3.25. The van der Waals surface area contributed by atoms with E-state index in [1.54, 1.807) is 6.92 Å². The molecule has 94 valence electrons. The van der Waals surface area contributed by atoms with E-state index in [0.29, 0.717) is 0 Å². The van der Waals surface area contributed by atoms with E-state index in [1.165, 1.54) is 0 Å². The molecule has 1 aromatic rings. The quantitative estimate of drug-likeness (QED) is 0.848. The second-order valence-corrected chi connectivity index (χ2v) is 3.45. The zero-order valence-corrected chi connectivity index (χ0v) is 9.80. The van der Waals surface area contributed by atoms with Crippen LogP contribution in [0.25, 0.3) is 0 Å². The molecule has 7 heteroatoms. The number of pyridine rings is 1. The number of nitrogens with two attached hydrogens (primary N) is 1. The van der Waals surface area contributed by atoms with Crippen LogP contribution in [0, 0.1) is 0 Å². The van der Waals surface area contributed by atoms with Crippen LogP contribution in [-0.2, 0) is 11.3 Å². The van der Waals surface area contributed by atoms with Gasteiger partial charge in [-0.3, -0.25) is 4.98 Å². The summed E-state index contributed by atoms with van der Waals surface area (Å²) in [5.74, 6) is -0.678. The molecule has 0 aliphatic rings. The highest BCUT2D eigenvalue weighted by atomic mass is 35.5. The van der Waals surface area contributed by atoms with Gasteiger partial charge in [-0.1, -0.05) is 11.6 Å². The van der Waals surface area contributed by atoms with Crippen molar-refractivity contribution in [1.29, 1.82) is 0 Å². The number of ether oxygens (including phenoxy) is 1. The molecule has 0 bridgehead atoms. The number of aromatic nitrogens is 1. The van der Waals surface area contributed by atoms with E-state index in [9.17, 15) is 13.6 Å². The first-order chi connectivity index (χ1) is 8.02. The smallest absolute Gasteiger partial charge is 0.340 e. The van der Waals surface area contributed by atoms with Crippen molar-refractivity contribution in [2.24, 2.45) is 5.73 Å². The maximum absolute atomic E-state index is 12.5. The molecular formula is C10H11ClF2N2O2. The summed E-state index contributed by atoms with van der Waals surface area (Å²) in [5, 5.41) is -0.284. The van der Waals surface area contributed by atoms with Crippen LogP contribution in [0.4, 0.5) is 8.78 Å². The minimum Gasteiger partial charge on any atom is -0.462 e. The fraction of sp³-hybridized carbons (Fsp3) is 0.400. The Morgan fingerprint density at radius 3 is 2.76 bits per heavy atom. The first-order valence-electron chi connectivity index (χ1n) is 4.85. The third-order valence-corrected chi connectivity index (χ3v) is 2.48. The number of hydrogen-bond acceptors (Lipinski definition) is 4. The van der Waals surface area contributed by atoms with Gasteiger partial charge in [-0.15, -0.1) is 0 Å². The van der Waals surface area contributed by atoms with Crippen molar-refractivity contribution in [2.45, 2.75) is 19.9 Å². The molecule has 2 N–H and O–H groups in total. The Morgan fingerprint density at radius 1 is 1.65 bits per heavy atom. The fourth-order valence-corrected chi connectivity index (χ4v) is 1.59. The van der Waals surface area contributed by atoms with E-state index in [0.717, 1.165) is 6.20 Å². The molecule has 1 rings (SSSR count). The molecule has 0 aliphatic heterocycles. The molecule has 0 fully saturated rings. The van der Waals surface area contributed by atoms with Crippen molar-refractivity contribution >= 4 is 17.6 Å². The van der Waals surface area contributed by atoms with Crippen molar-refractivity contribution in [1.82, 2.24) is 4.98 Å². The van der Waals surface area contributed by atoms with E-state index in [1.807, 2.05) is 0 Å². The Hall–Kier alpha value is -1.27. The Labute approximate surface area is 102 Å². The van der Waals surface area contributed by atoms with E-state index >= 15 is 0 Å². The molecule has 0 amide bonds. The Bertz CT molecular complexity index is 427. The van der Waals surface area contributed by atoms with Crippen molar-refractivity contribution in [3.8, 4) is 0 Å². The number of hydrogen-bond donors (Lipinski definition) is 1. The summed E-state index contributed by atoms with van der Waals surface area (Å²) in [4.78, 5) is 14.9. The molecule has 0 aliphatic carbocycles. The summed E-state index contributed by atoms with van der Waals surface area (Å²) in [6.45, 7) is 1.65. The van der Waals surface area contributed by atoms with Crippen molar-refractivity contribution in [3.05, 3.63) is 28.0 Å². The third-order valence-electron chi connectivity index (χ3n) is 2.05. The average molecular weight is 265 g/mol. The van der Waals surface area contributed by atoms with Gasteiger partial charge in [0, 0.05) is 18.3 Å². The minimum absolute atomic E-state index is 0.0174. The van der Waals surface area contributed by atoms with E-state index in [2.05, 4.69) is 4.98 Å². The van der Waals surface area contributed by atoms with E-state index in [-0.39, 0.29) is 29.3 Å². The zero-order valence-electron chi connectivity index (χ0n) is 9.04. The van der Waals surface area contributed by atoms with Gasteiger partial charge in [0.05, 0.1) is 17.2 Å². The van der Waals surface area contributed by atoms with Crippen LogP contribution in [0.5, 0.6) is 0 Å². The fourth-order valence-electron chi connectivity index (χ4n) is 1.28. The van der Waals surface area contributed by atoms with Crippen molar-refractivity contribution in [2.75, 3.05) is 6.61 Å². The number of rotatable bonds is 4. The number of carbonyl (C=O) groups is 1. The van der Waals surface area contributed by atoms with Gasteiger partial charge < -0.3 is 10.5 Å². The number of nitrogens with zero attached hydrogens (tertiary/aromatic N) is 1. The normalized spacial score (nSPS) is 10.7. The van der Waals surface area contributed by atoms with Gasteiger partial charge in [-0.2, -0.15) is 0 Å². The molecule has 0 saturated heterocycles. The highest BCUT2D eigenvalue weighted by Gasteiger charge is 2.22. The molecule has 0 aromatic carbocycles. The van der Waals surface area contributed by atoms with Crippen LogP contribution in [0.1, 0.15) is 35.0 Å². The Kier molecular flexibility index (Phi) is 4.77. The van der Waals surface area contributed by atoms with Gasteiger partial charge in [0.2, 0.25) is 0 Å². The molecule has 1 aromatic heterocycles. The second kappa shape index (κ2) is 5.88.